The first-order valence-electron chi connectivity index (χ1n) is 5.00. The van der Waals surface area contributed by atoms with Gasteiger partial charge < -0.3 is 14.9 Å². The van der Waals surface area contributed by atoms with Gasteiger partial charge >= 0.3 is 5.97 Å². The Morgan fingerprint density at radius 3 is 2.83 bits per heavy atom. The number of aryl methyl sites for hydroxylation is 1. The molecule has 0 spiro atoms. The normalized spacial score (nSPS) is 10.1. The summed E-state index contributed by atoms with van der Waals surface area (Å²) in [6.07, 6.45) is 2.72. The van der Waals surface area contributed by atoms with Crippen LogP contribution in [0.2, 0.25) is 0 Å². The van der Waals surface area contributed by atoms with E-state index in [9.17, 15) is 9.59 Å². The average Bonchev–Trinajstić information content (AvgIpc) is 2.76. The van der Waals surface area contributed by atoms with Gasteiger partial charge in [0.1, 0.15) is 5.69 Å². The Morgan fingerprint density at radius 1 is 1.44 bits per heavy atom. The van der Waals surface area contributed by atoms with Gasteiger partial charge in [0, 0.05) is 17.4 Å². The van der Waals surface area contributed by atoms with Crippen molar-refractivity contribution in [1.82, 2.24) is 10.1 Å². The molecule has 0 atom stereocenters. The molecule has 7 nitrogen and oxygen atoms in total. The van der Waals surface area contributed by atoms with Crippen molar-refractivity contribution in [2.45, 2.75) is 6.92 Å². The zero-order valence-electron chi connectivity index (χ0n) is 9.38. The second-order valence-electron chi connectivity index (χ2n) is 3.53. The van der Waals surface area contributed by atoms with Crippen LogP contribution in [0.4, 0.5) is 5.69 Å². The number of hydrogen-bond acceptors (Lipinski definition) is 5. The molecule has 0 saturated heterocycles. The number of carbonyl (C=O) groups excluding carboxylic acids is 1. The summed E-state index contributed by atoms with van der Waals surface area (Å²) in [6.45, 7) is 1.68. The number of carboxylic acid groups (broad SMARTS) is 1. The van der Waals surface area contributed by atoms with Crippen molar-refractivity contribution in [3.8, 4) is 0 Å². The van der Waals surface area contributed by atoms with Crippen molar-refractivity contribution >= 4 is 17.6 Å². The molecule has 0 aliphatic rings. The molecule has 0 aromatic carbocycles. The Bertz CT molecular complexity index is 606. The lowest BCUT2D eigenvalue weighted by atomic mass is 10.2. The fourth-order valence-corrected chi connectivity index (χ4v) is 1.32. The molecule has 7 heteroatoms. The predicted octanol–water partition coefficient (Wildman–Crippen LogP) is 1.33. The molecule has 18 heavy (non-hydrogen) atoms. The molecule has 0 bridgehead atoms. The van der Waals surface area contributed by atoms with Gasteiger partial charge in [0.25, 0.3) is 5.91 Å². The molecule has 2 N–H and O–H groups in total. The Morgan fingerprint density at radius 2 is 2.22 bits per heavy atom. The van der Waals surface area contributed by atoms with Crippen LogP contribution in [0.1, 0.15) is 26.6 Å². The van der Waals surface area contributed by atoms with Crippen LogP contribution in [0, 0.1) is 6.92 Å². The van der Waals surface area contributed by atoms with E-state index in [2.05, 4.69) is 15.5 Å². The summed E-state index contributed by atoms with van der Waals surface area (Å²) in [4.78, 5) is 26.1. The van der Waals surface area contributed by atoms with E-state index in [0.29, 0.717) is 11.3 Å². The fraction of sp³-hybridized carbons (Fsp3) is 0.0909. The number of pyridine rings is 1. The molecule has 2 rings (SSSR count). The van der Waals surface area contributed by atoms with Gasteiger partial charge in [-0.2, -0.15) is 0 Å². The van der Waals surface area contributed by atoms with Crippen molar-refractivity contribution < 1.29 is 19.2 Å². The number of aromatic nitrogens is 2. The highest BCUT2D eigenvalue weighted by molar-refractivity contribution is 6.03. The number of carboxylic acids is 1. The zero-order valence-corrected chi connectivity index (χ0v) is 9.38. The number of aromatic carboxylic acids is 1. The van der Waals surface area contributed by atoms with Crippen LogP contribution in [0.3, 0.4) is 0 Å². The molecule has 0 saturated carbocycles. The van der Waals surface area contributed by atoms with Crippen molar-refractivity contribution in [3.05, 3.63) is 41.5 Å². The van der Waals surface area contributed by atoms with E-state index < -0.39 is 11.9 Å². The van der Waals surface area contributed by atoms with Gasteiger partial charge in [-0.1, -0.05) is 5.16 Å². The lowest BCUT2D eigenvalue weighted by Gasteiger charge is -2.03. The van der Waals surface area contributed by atoms with E-state index in [4.69, 9.17) is 9.63 Å². The van der Waals surface area contributed by atoms with Gasteiger partial charge in [0.15, 0.2) is 0 Å². The average molecular weight is 247 g/mol. The molecule has 2 aromatic heterocycles. The Hall–Kier alpha value is -2.70. The third-order valence-corrected chi connectivity index (χ3v) is 2.19. The molecule has 92 valence electrons. The number of anilines is 1. The fourth-order valence-electron chi connectivity index (χ4n) is 1.32. The molecule has 0 radical (unpaired) electrons. The maximum Gasteiger partial charge on any atom is 0.354 e. The van der Waals surface area contributed by atoms with Gasteiger partial charge in [0.2, 0.25) is 5.76 Å². The highest BCUT2D eigenvalue weighted by Crippen LogP contribution is 2.12. The number of rotatable bonds is 3. The highest BCUT2D eigenvalue weighted by Gasteiger charge is 2.15. The second-order valence-corrected chi connectivity index (χ2v) is 3.53. The summed E-state index contributed by atoms with van der Waals surface area (Å²) in [5.41, 5.74) is 0.769. The molecule has 0 unspecified atom stereocenters. The van der Waals surface area contributed by atoms with E-state index in [0.717, 1.165) is 0 Å². The lowest BCUT2D eigenvalue weighted by molar-refractivity contribution is 0.0690. The summed E-state index contributed by atoms with van der Waals surface area (Å²) in [5.74, 6) is -1.57. The smallest absolute Gasteiger partial charge is 0.354 e. The number of amides is 1. The SMILES string of the molecule is Cc1cnoc1C(=O)Nc1ccnc(C(=O)O)c1. The second kappa shape index (κ2) is 4.66. The Kier molecular flexibility index (Phi) is 3.05. The summed E-state index contributed by atoms with van der Waals surface area (Å²) in [5, 5.41) is 14.8. The number of hydrogen-bond donors (Lipinski definition) is 2. The summed E-state index contributed by atoms with van der Waals surface area (Å²) in [6, 6.07) is 2.74. The van der Waals surface area contributed by atoms with E-state index in [1.165, 1.54) is 24.5 Å². The predicted molar refractivity (Wildman–Crippen MR) is 60.4 cm³/mol. The molecule has 2 heterocycles. The monoisotopic (exact) mass is 247 g/mol. The first-order chi connectivity index (χ1) is 8.58. The largest absolute Gasteiger partial charge is 0.477 e. The molecular formula is C11H9N3O4. The number of nitrogens with zero attached hydrogens (tertiary/aromatic N) is 2. The van der Waals surface area contributed by atoms with Gasteiger partial charge in [-0.3, -0.25) is 4.79 Å². The topological polar surface area (TPSA) is 105 Å². The standard InChI is InChI=1S/C11H9N3O4/c1-6-5-13-18-9(6)10(15)14-7-2-3-12-8(4-7)11(16)17/h2-5H,1H3,(H,16,17)(H,12,14,15). The van der Waals surface area contributed by atoms with Crippen LogP contribution in [0.25, 0.3) is 0 Å². The maximum atomic E-state index is 11.8. The molecule has 0 aliphatic heterocycles. The quantitative estimate of drug-likeness (QED) is 0.847. The molecule has 1 amide bonds. The van der Waals surface area contributed by atoms with E-state index in [-0.39, 0.29) is 11.5 Å². The third-order valence-electron chi connectivity index (χ3n) is 2.19. The molecule has 0 aliphatic carbocycles. The first-order valence-corrected chi connectivity index (χ1v) is 5.00. The lowest BCUT2D eigenvalue weighted by Crippen LogP contribution is -2.13. The molecule has 2 aromatic rings. The third kappa shape index (κ3) is 2.34. The van der Waals surface area contributed by atoms with Crippen molar-refractivity contribution in [3.63, 3.8) is 0 Å². The zero-order chi connectivity index (χ0) is 13.1. The van der Waals surface area contributed by atoms with Gasteiger partial charge in [-0.05, 0) is 19.1 Å². The minimum absolute atomic E-state index is 0.0867. The Labute approximate surface area is 101 Å². The minimum Gasteiger partial charge on any atom is -0.477 e. The van der Waals surface area contributed by atoms with Crippen LogP contribution in [0.5, 0.6) is 0 Å². The van der Waals surface area contributed by atoms with E-state index in [1.54, 1.807) is 6.92 Å². The summed E-state index contributed by atoms with van der Waals surface area (Å²) >= 11 is 0. The van der Waals surface area contributed by atoms with Gasteiger partial charge in [-0.25, -0.2) is 9.78 Å². The van der Waals surface area contributed by atoms with Crippen LogP contribution in [0.15, 0.2) is 29.0 Å². The first kappa shape index (κ1) is 11.8. The van der Waals surface area contributed by atoms with E-state index >= 15 is 0 Å². The van der Waals surface area contributed by atoms with Crippen molar-refractivity contribution in [2.24, 2.45) is 0 Å². The maximum absolute atomic E-state index is 11.8. The van der Waals surface area contributed by atoms with Gasteiger partial charge in [0.05, 0.1) is 6.20 Å². The summed E-state index contributed by atoms with van der Waals surface area (Å²) in [7, 11) is 0. The minimum atomic E-state index is -1.16. The molecule has 0 fully saturated rings. The van der Waals surface area contributed by atoms with Gasteiger partial charge in [-0.15, -0.1) is 0 Å². The van der Waals surface area contributed by atoms with E-state index in [1.807, 2.05) is 0 Å². The highest BCUT2D eigenvalue weighted by atomic mass is 16.5. The van der Waals surface area contributed by atoms with Crippen LogP contribution >= 0.6 is 0 Å². The van der Waals surface area contributed by atoms with Crippen LogP contribution < -0.4 is 5.32 Å². The molecular weight excluding hydrogens is 238 g/mol. The number of carbonyl (C=O) groups is 2. The summed E-state index contributed by atoms with van der Waals surface area (Å²) < 4.78 is 4.78. The van der Waals surface area contributed by atoms with Crippen LogP contribution in [-0.4, -0.2) is 27.1 Å². The Balaban J connectivity index is 2.20. The van der Waals surface area contributed by atoms with Crippen molar-refractivity contribution in [1.29, 1.82) is 0 Å². The number of nitrogens with one attached hydrogen (secondary N) is 1. The van der Waals surface area contributed by atoms with Crippen LogP contribution in [-0.2, 0) is 0 Å². The van der Waals surface area contributed by atoms with Crippen molar-refractivity contribution in [2.75, 3.05) is 5.32 Å².